The number of hydrogen-bond acceptors (Lipinski definition) is 5. The van der Waals surface area contributed by atoms with Gasteiger partial charge >= 0.3 is 0 Å². The van der Waals surface area contributed by atoms with Gasteiger partial charge in [-0.2, -0.15) is 0 Å². The van der Waals surface area contributed by atoms with Crippen LogP contribution in [-0.4, -0.2) is 35.1 Å². The van der Waals surface area contributed by atoms with Gasteiger partial charge in [-0.15, -0.1) is 0 Å². The molecule has 22 heavy (non-hydrogen) atoms. The van der Waals surface area contributed by atoms with E-state index in [0.29, 0.717) is 18.1 Å². The van der Waals surface area contributed by atoms with Gasteiger partial charge < -0.3 is 15.4 Å². The number of hydrogen-bond donors (Lipinski definition) is 2. The Labute approximate surface area is 128 Å². The zero-order valence-corrected chi connectivity index (χ0v) is 12.2. The van der Waals surface area contributed by atoms with Crippen LogP contribution in [0.1, 0.15) is 23.2 Å². The zero-order chi connectivity index (χ0) is 15.2. The van der Waals surface area contributed by atoms with Crippen LogP contribution in [0, 0.1) is 0 Å². The van der Waals surface area contributed by atoms with Gasteiger partial charge in [0.05, 0.1) is 6.10 Å². The summed E-state index contributed by atoms with van der Waals surface area (Å²) in [5.74, 6) is 0.396. The lowest BCUT2D eigenvalue weighted by molar-refractivity contribution is 0.0858. The molecule has 1 fully saturated rings. The second kappa shape index (κ2) is 7.00. The average molecular weight is 298 g/mol. The van der Waals surface area contributed by atoms with E-state index in [1.165, 1.54) is 0 Å². The van der Waals surface area contributed by atoms with Crippen LogP contribution < -0.4 is 10.6 Å². The lowest BCUT2D eigenvalue weighted by atomic mass is 10.1. The molecule has 0 spiro atoms. The number of nitrogens with zero attached hydrogens (tertiary/aromatic N) is 2. The van der Waals surface area contributed by atoms with Crippen molar-refractivity contribution in [1.29, 1.82) is 0 Å². The molecule has 0 radical (unpaired) electrons. The van der Waals surface area contributed by atoms with Crippen molar-refractivity contribution in [3.05, 3.63) is 48.3 Å². The largest absolute Gasteiger partial charge is 0.376 e. The summed E-state index contributed by atoms with van der Waals surface area (Å²) in [6.07, 6.45) is 5.54. The van der Waals surface area contributed by atoms with Crippen LogP contribution in [0.5, 0.6) is 0 Å². The number of benzene rings is 1. The number of carbonyl (C=O) groups is 1. The second-order valence-electron chi connectivity index (χ2n) is 5.12. The molecule has 0 bridgehead atoms. The first-order chi connectivity index (χ1) is 10.8. The third-order valence-corrected chi connectivity index (χ3v) is 3.46. The number of nitrogens with one attached hydrogen (secondary N) is 2. The molecule has 1 atom stereocenters. The minimum Gasteiger partial charge on any atom is -0.376 e. The van der Waals surface area contributed by atoms with E-state index in [1.54, 1.807) is 30.6 Å². The molecular weight excluding hydrogens is 280 g/mol. The number of carbonyl (C=O) groups excluding carboxylic acids is 1. The topological polar surface area (TPSA) is 76.1 Å². The van der Waals surface area contributed by atoms with E-state index in [4.69, 9.17) is 4.74 Å². The molecule has 1 amide bonds. The fourth-order valence-electron chi connectivity index (χ4n) is 2.34. The first-order valence-corrected chi connectivity index (χ1v) is 7.35. The third-order valence-electron chi connectivity index (χ3n) is 3.46. The molecule has 1 aliphatic rings. The molecule has 1 aromatic heterocycles. The summed E-state index contributed by atoms with van der Waals surface area (Å²) in [4.78, 5) is 20.4. The van der Waals surface area contributed by atoms with Crippen molar-refractivity contribution in [3.8, 4) is 0 Å². The van der Waals surface area contributed by atoms with Crippen molar-refractivity contribution >= 4 is 17.5 Å². The standard InChI is InChI=1S/C16H18N4O2/c21-15(19-11-14-6-2-9-22-14)12-4-1-5-13(10-12)20-16-17-7-3-8-18-16/h1,3-5,7-8,10,14H,2,6,9,11H2,(H,19,21)(H,17,18,20)/t14-/m0/s1. The molecule has 0 unspecified atom stereocenters. The normalized spacial score (nSPS) is 17.2. The Morgan fingerprint density at radius 1 is 1.27 bits per heavy atom. The summed E-state index contributed by atoms with van der Waals surface area (Å²) in [5.41, 5.74) is 1.37. The van der Waals surface area contributed by atoms with Gasteiger partial charge in [-0.05, 0) is 37.1 Å². The Balaban J connectivity index is 1.61. The van der Waals surface area contributed by atoms with Crippen LogP contribution >= 0.6 is 0 Å². The van der Waals surface area contributed by atoms with E-state index in [2.05, 4.69) is 20.6 Å². The maximum absolute atomic E-state index is 12.2. The smallest absolute Gasteiger partial charge is 0.251 e. The van der Waals surface area contributed by atoms with E-state index in [1.807, 2.05) is 12.1 Å². The van der Waals surface area contributed by atoms with E-state index in [-0.39, 0.29) is 12.0 Å². The van der Waals surface area contributed by atoms with Crippen molar-refractivity contribution in [2.75, 3.05) is 18.5 Å². The van der Waals surface area contributed by atoms with Gasteiger partial charge in [0.1, 0.15) is 0 Å². The van der Waals surface area contributed by atoms with Crippen LogP contribution in [0.2, 0.25) is 0 Å². The van der Waals surface area contributed by atoms with Gasteiger partial charge in [-0.1, -0.05) is 6.07 Å². The Kier molecular flexibility index (Phi) is 4.60. The fourth-order valence-corrected chi connectivity index (χ4v) is 2.34. The Hall–Kier alpha value is -2.47. The first-order valence-electron chi connectivity index (χ1n) is 7.35. The number of anilines is 2. The highest BCUT2D eigenvalue weighted by atomic mass is 16.5. The van der Waals surface area contributed by atoms with Crippen molar-refractivity contribution in [1.82, 2.24) is 15.3 Å². The average Bonchev–Trinajstić information content (AvgIpc) is 3.07. The predicted octanol–water partition coefficient (Wildman–Crippen LogP) is 2.13. The number of ether oxygens (including phenoxy) is 1. The highest BCUT2D eigenvalue weighted by Crippen LogP contribution is 2.15. The Bertz CT molecular complexity index is 627. The number of amides is 1. The molecule has 2 N–H and O–H groups in total. The Morgan fingerprint density at radius 3 is 2.91 bits per heavy atom. The minimum atomic E-state index is -0.104. The van der Waals surface area contributed by atoms with Crippen LogP contribution in [0.3, 0.4) is 0 Å². The lowest BCUT2D eigenvalue weighted by Gasteiger charge is -2.11. The second-order valence-corrected chi connectivity index (χ2v) is 5.12. The van der Waals surface area contributed by atoms with E-state index in [9.17, 15) is 4.79 Å². The first kappa shape index (κ1) is 14.5. The highest BCUT2D eigenvalue weighted by molar-refractivity contribution is 5.95. The SMILES string of the molecule is O=C(NC[C@@H]1CCCO1)c1cccc(Nc2ncccn2)c1. The molecular formula is C16H18N4O2. The van der Waals surface area contributed by atoms with Crippen LogP contribution in [0.4, 0.5) is 11.6 Å². The van der Waals surface area contributed by atoms with Gasteiger partial charge in [0.25, 0.3) is 5.91 Å². The van der Waals surface area contributed by atoms with Crippen molar-refractivity contribution in [2.45, 2.75) is 18.9 Å². The summed E-state index contributed by atoms with van der Waals surface area (Å²) in [6, 6.07) is 9.00. The molecule has 114 valence electrons. The molecule has 1 saturated heterocycles. The number of aromatic nitrogens is 2. The summed E-state index contributed by atoms with van der Waals surface area (Å²) >= 11 is 0. The van der Waals surface area contributed by atoms with E-state index < -0.39 is 0 Å². The molecule has 1 aromatic carbocycles. The van der Waals surface area contributed by atoms with Crippen molar-refractivity contribution < 1.29 is 9.53 Å². The van der Waals surface area contributed by atoms with Gasteiger partial charge in [-0.25, -0.2) is 9.97 Å². The van der Waals surface area contributed by atoms with Crippen molar-refractivity contribution in [3.63, 3.8) is 0 Å². The van der Waals surface area contributed by atoms with Gasteiger partial charge in [-0.3, -0.25) is 4.79 Å². The lowest BCUT2D eigenvalue weighted by Crippen LogP contribution is -2.31. The van der Waals surface area contributed by atoms with Crippen molar-refractivity contribution in [2.24, 2.45) is 0 Å². The van der Waals surface area contributed by atoms with Gasteiger partial charge in [0.2, 0.25) is 5.95 Å². The predicted molar refractivity (Wildman–Crippen MR) is 83.1 cm³/mol. The maximum Gasteiger partial charge on any atom is 0.251 e. The summed E-state index contributed by atoms with van der Waals surface area (Å²) in [6.45, 7) is 1.34. The quantitative estimate of drug-likeness (QED) is 0.884. The van der Waals surface area contributed by atoms with Crippen LogP contribution in [0.25, 0.3) is 0 Å². The molecule has 3 rings (SSSR count). The maximum atomic E-state index is 12.2. The van der Waals surface area contributed by atoms with Crippen LogP contribution in [0.15, 0.2) is 42.7 Å². The summed E-state index contributed by atoms with van der Waals surface area (Å²) < 4.78 is 5.50. The van der Waals surface area contributed by atoms with E-state index >= 15 is 0 Å². The molecule has 0 saturated carbocycles. The fraction of sp³-hybridized carbons (Fsp3) is 0.312. The highest BCUT2D eigenvalue weighted by Gasteiger charge is 2.16. The molecule has 2 heterocycles. The summed E-state index contributed by atoms with van der Waals surface area (Å²) in [7, 11) is 0. The van der Waals surface area contributed by atoms with Crippen LogP contribution in [-0.2, 0) is 4.74 Å². The summed E-state index contributed by atoms with van der Waals surface area (Å²) in [5, 5.41) is 5.98. The molecule has 6 nitrogen and oxygen atoms in total. The zero-order valence-electron chi connectivity index (χ0n) is 12.2. The molecule has 6 heteroatoms. The monoisotopic (exact) mass is 298 g/mol. The van der Waals surface area contributed by atoms with Gasteiger partial charge in [0, 0.05) is 36.8 Å². The van der Waals surface area contributed by atoms with E-state index in [0.717, 1.165) is 25.1 Å². The third kappa shape index (κ3) is 3.79. The molecule has 0 aliphatic carbocycles. The minimum absolute atomic E-state index is 0.104. The molecule has 1 aliphatic heterocycles. The number of rotatable bonds is 5. The molecule has 2 aromatic rings. The Morgan fingerprint density at radius 2 is 2.14 bits per heavy atom. The van der Waals surface area contributed by atoms with Gasteiger partial charge in [0.15, 0.2) is 0 Å².